The van der Waals surface area contributed by atoms with Crippen LogP contribution < -0.4 is 15.7 Å². The number of amides is 1. The Balaban J connectivity index is 1.63. The predicted octanol–water partition coefficient (Wildman–Crippen LogP) is 4.47. The second-order valence-electron chi connectivity index (χ2n) is 5.43. The van der Waals surface area contributed by atoms with Gasteiger partial charge in [0.25, 0.3) is 11.8 Å². The van der Waals surface area contributed by atoms with Crippen molar-refractivity contribution >= 4 is 57.4 Å². The highest BCUT2D eigenvalue weighted by Crippen LogP contribution is 2.37. The lowest BCUT2D eigenvalue weighted by atomic mass is 10.1. The number of benzene rings is 1. The SMILES string of the molecule is COc1cccc2cc(C(=O)Nc3nnc(-c4cc(Cl)sc4Cl)o3)c(=O)oc12. The monoisotopic (exact) mass is 437 g/mol. The summed E-state index contributed by atoms with van der Waals surface area (Å²) >= 11 is 13.1. The smallest absolute Gasteiger partial charge is 0.349 e. The maximum Gasteiger partial charge on any atom is 0.349 e. The molecule has 0 unspecified atom stereocenters. The molecule has 28 heavy (non-hydrogen) atoms. The summed E-state index contributed by atoms with van der Waals surface area (Å²) in [7, 11) is 1.45. The number of ether oxygens (including phenoxy) is 1. The molecule has 1 aromatic carbocycles. The Bertz CT molecular complexity index is 1260. The molecule has 0 radical (unpaired) electrons. The molecule has 0 bridgehead atoms. The van der Waals surface area contributed by atoms with Crippen LogP contribution in [0.5, 0.6) is 5.75 Å². The number of hydrogen-bond donors (Lipinski definition) is 1. The lowest BCUT2D eigenvalue weighted by Gasteiger charge is -2.05. The van der Waals surface area contributed by atoms with E-state index in [1.807, 2.05) is 0 Å². The van der Waals surface area contributed by atoms with E-state index >= 15 is 0 Å². The molecule has 0 aliphatic carbocycles. The molecule has 3 aromatic heterocycles. The number of nitrogens with zero attached hydrogens (tertiary/aromatic N) is 2. The Morgan fingerprint density at radius 2 is 2.04 bits per heavy atom. The molecule has 142 valence electrons. The van der Waals surface area contributed by atoms with Gasteiger partial charge in [-0.25, -0.2) is 4.79 Å². The summed E-state index contributed by atoms with van der Waals surface area (Å²) in [5.41, 5.74) is -0.364. The maximum absolute atomic E-state index is 12.5. The summed E-state index contributed by atoms with van der Waals surface area (Å²) < 4.78 is 16.6. The van der Waals surface area contributed by atoms with Gasteiger partial charge >= 0.3 is 11.6 Å². The number of carbonyl (C=O) groups excluding carboxylic acids is 1. The van der Waals surface area contributed by atoms with E-state index in [9.17, 15) is 9.59 Å². The van der Waals surface area contributed by atoms with Crippen LogP contribution in [0, 0.1) is 0 Å². The summed E-state index contributed by atoms with van der Waals surface area (Å²) in [6.07, 6.45) is 0. The van der Waals surface area contributed by atoms with Gasteiger partial charge in [0.1, 0.15) is 9.90 Å². The number of anilines is 1. The van der Waals surface area contributed by atoms with Gasteiger partial charge in [0.05, 0.1) is 17.0 Å². The number of fused-ring (bicyclic) bond motifs is 1. The molecule has 0 saturated carbocycles. The third kappa shape index (κ3) is 3.35. The third-order valence-electron chi connectivity index (χ3n) is 3.72. The van der Waals surface area contributed by atoms with Crippen molar-refractivity contribution in [3.05, 3.63) is 55.0 Å². The van der Waals surface area contributed by atoms with Gasteiger partial charge in [0.15, 0.2) is 11.3 Å². The van der Waals surface area contributed by atoms with Gasteiger partial charge in [-0.2, -0.15) is 0 Å². The van der Waals surface area contributed by atoms with E-state index in [2.05, 4.69) is 15.5 Å². The number of rotatable bonds is 4. The first kappa shape index (κ1) is 18.5. The molecule has 0 aliphatic rings. The van der Waals surface area contributed by atoms with Gasteiger partial charge in [-0.05, 0) is 18.2 Å². The van der Waals surface area contributed by atoms with Crippen LogP contribution >= 0.6 is 34.5 Å². The second kappa shape index (κ2) is 7.27. The molecule has 3 heterocycles. The minimum absolute atomic E-state index is 0.0822. The molecule has 8 nitrogen and oxygen atoms in total. The minimum Gasteiger partial charge on any atom is -0.493 e. The number of hydrogen-bond acceptors (Lipinski definition) is 8. The predicted molar refractivity (Wildman–Crippen MR) is 105 cm³/mol. The van der Waals surface area contributed by atoms with E-state index in [-0.39, 0.29) is 23.1 Å². The van der Waals surface area contributed by atoms with E-state index in [1.54, 1.807) is 24.3 Å². The molecule has 4 aromatic rings. The Morgan fingerprint density at radius 3 is 2.75 bits per heavy atom. The van der Waals surface area contributed by atoms with Crippen LogP contribution in [0.15, 0.2) is 44.0 Å². The average Bonchev–Trinajstić information content (AvgIpc) is 3.26. The van der Waals surface area contributed by atoms with Crippen molar-refractivity contribution in [2.45, 2.75) is 0 Å². The highest BCUT2D eigenvalue weighted by atomic mass is 35.5. The number of nitrogens with one attached hydrogen (secondary N) is 1. The fourth-order valence-corrected chi connectivity index (χ4v) is 3.92. The Morgan fingerprint density at radius 1 is 1.21 bits per heavy atom. The number of aromatic nitrogens is 2. The topological polar surface area (TPSA) is 107 Å². The van der Waals surface area contributed by atoms with Gasteiger partial charge in [-0.1, -0.05) is 40.4 Å². The van der Waals surface area contributed by atoms with Crippen molar-refractivity contribution in [3.8, 4) is 17.2 Å². The minimum atomic E-state index is -0.832. The first-order valence-electron chi connectivity index (χ1n) is 7.67. The van der Waals surface area contributed by atoms with Crippen molar-refractivity contribution in [3.63, 3.8) is 0 Å². The van der Waals surface area contributed by atoms with Crippen molar-refractivity contribution in [2.24, 2.45) is 0 Å². The Kier molecular flexibility index (Phi) is 4.80. The average molecular weight is 438 g/mol. The molecular formula is C17H9Cl2N3O5S. The lowest BCUT2D eigenvalue weighted by molar-refractivity contribution is 0.102. The van der Waals surface area contributed by atoms with Crippen molar-refractivity contribution in [1.82, 2.24) is 10.2 Å². The number of thiophene rings is 1. The molecule has 1 amide bonds. The van der Waals surface area contributed by atoms with Gasteiger partial charge in [0, 0.05) is 5.39 Å². The highest BCUT2D eigenvalue weighted by molar-refractivity contribution is 7.20. The van der Waals surface area contributed by atoms with E-state index in [0.29, 0.717) is 25.4 Å². The standard InChI is InChI=1S/C17H9Cl2N3O5S/c1-25-10-4-2-3-7-5-9(16(24)26-12(7)10)14(23)20-17-22-21-15(27-17)8-6-11(18)28-13(8)19/h2-6H,1H3,(H,20,22,23). The summed E-state index contributed by atoms with van der Waals surface area (Å²) in [6.45, 7) is 0. The van der Waals surface area contributed by atoms with E-state index < -0.39 is 11.5 Å². The number of para-hydroxylation sites is 1. The fraction of sp³-hybridized carbons (Fsp3) is 0.0588. The second-order valence-corrected chi connectivity index (χ2v) is 7.72. The van der Waals surface area contributed by atoms with Crippen LogP contribution in [-0.4, -0.2) is 23.2 Å². The zero-order chi connectivity index (χ0) is 19.8. The molecule has 11 heteroatoms. The van der Waals surface area contributed by atoms with Crippen molar-refractivity contribution in [1.29, 1.82) is 0 Å². The van der Waals surface area contributed by atoms with Crippen molar-refractivity contribution < 1.29 is 18.4 Å². The zero-order valence-corrected chi connectivity index (χ0v) is 16.3. The molecule has 4 rings (SSSR count). The normalized spacial score (nSPS) is 11.0. The molecule has 0 fully saturated rings. The van der Waals surface area contributed by atoms with Crippen LogP contribution in [0.4, 0.5) is 6.01 Å². The van der Waals surface area contributed by atoms with Gasteiger partial charge in [-0.3, -0.25) is 10.1 Å². The first-order chi connectivity index (χ1) is 13.5. The summed E-state index contributed by atoms with van der Waals surface area (Å²) in [5.74, 6) is -0.295. The maximum atomic E-state index is 12.5. The summed E-state index contributed by atoms with van der Waals surface area (Å²) in [6, 6.07) is 7.80. The van der Waals surface area contributed by atoms with Crippen LogP contribution in [0.25, 0.3) is 22.4 Å². The molecule has 1 N–H and O–H groups in total. The quantitative estimate of drug-likeness (QED) is 0.469. The van der Waals surface area contributed by atoms with E-state index in [1.165, 1.54) is 13.2 Å². The summed E-state index contributed by atoms with van der Waals surface area (Å²) in [5, 5.41) is 10.4. The van der Waals surface area contributed by atoms with Crippen LogP contribution in [0.1, 0.15) is 10.4 Å². The number of carbonyl (C=O) groups is 1. The van der Waals surface area contributed by atoms with Crippen LogP contribution in [-0.2, 0) is 0 Å². The Labute approximate surface area is 170 Å². The van der Waals surface area contributed by atoms with E-state index in [0.717, 1.165) is 11.3 Å². The lowest BCUT2D eigenvalue weighted by Crippen LogP contribution is -2.20. The Hall–Kier alpha value is -2.88. The van der Waals surface area contributed by atoms with Crippen molar-refractivity contribution in [2.75, 3.05) is 12.4 Å². The van der Waals surface area contributed by atoms with E-state index in [4.69, 9.17) is 36.8 Å². The molecule has 0 saturated heterocycles. The molecule has 0 spiro atoms. The van der Waals surface area contributed by atoms with Crippen LogP contribution in [0.2, 0.25) is 8.67 Å². The molecular weight excluding hydrogens is 429 g/mol. The van der Waals surface area contributed by atoms with Gasteiger partial charge in [-0.15, -0.1) is 16.4 Å². The fourth-order valence-electron chi connectivity index (χ4n) is 2.47. The van der Waals surface area contributed by atoms with Gasteiger partial charge < -0.3 is 13.6 Å². The molecule has 0 atom stereocenters. The molecule has 0 aliphatic heterocycles. The highest BCUT2D eigenvalue weighted by Gasteiger charge is 2.20. The summed E-state index contributed by atoms with van der Waals surface area (Å²) in [4.78, 5) is 24.7. The van der Waals surface area contributed by atoms with Crippen LogP contribution in [0.3, 0.4) is 0 Å². The zero-order valence-electron chi connectivity index (χ0n) is 14.0. The number of methoxy groups -OCH3 is 1. The third-order valence-corrected chi connectivity index (χ3v) is 5.21. The number of halogens is 2. The first-order valence-corrected chi connectivity index (χ1v) is 9.24. The largest absolute Gasteiger partial charge is 0.493 e. The van der Waals surface area contributed by atoms with Gasteiger partial charge in [0.2, 0.25) is 0 Å².